The molecule has 4 rings (SSSR count). The number of hydrogen-bond donors (Lipinski definition) is 2. The van der Waals surface area contributed by atoms with E-state index in [0.717, 1.165) is 54.3 Å². The first-order chi connectivity index (χ1) is 15.2. The minimum atomic E-state index is 0.0832. The summed E-state index contributed by atoms with van der Waals surface area (Å²) in [5, 5.41) is 10.8. The highest BCUT2D eigenvalue weighted by molar-refractivity contribution is 5.76. The van der Waals surface area contributed by atoms with Crippen molar-refractivity contribution in [3.63, 3.8) is 0 Å². The summed E-state index contributed by atoms with van der Waals surface area (Å²) in [5.41, 5.74) is 2.89. The van der Waals surface area contributed by atoms with E-state index in [0.29, 0.717) is 24.8 Å². The van der Waals surface area contributed by atoms with Gasteiger partial charge in [-0.05, 0) is 73.7 Å². The van der Waals surface area contributed by atoms with Gasteiger partial charge in [0.25, 0.3) is 0 Å². The molecule has 1 amide bonds. The van der Waals surface area contributed by atoms with Crippen molar-refractivity contribution in [2.24, 2.45) is 11.8 Å². The molecule has 1 aliphatic rings. The molecule has 0 bridgehead atoms. The van der Waals surface area contributed by atoms with E-state index in [9.17, 15) is 4.79 Å². The number of methoxy groups -OCH3 is 1. The fourth-order valence-electron chi connectivity index (χ4n) is 4.07. The molecule has 3 heterocycles. The van der Waals surface area contributed by atoms with E-state index in [1.807, 2.05) is 42.5 Å². The van der Waals surface area contributed by atoms with Gasteiger partial charge in [0.15, 0.2) is 5.76 Å². The second-order valence-electron chi connectivity index (χ2n) is 7.97. The van der Waals surface area contributed by atoms with E-state index in [4.69, 9.17) is 9.26 Å². The number of amides is 1. The first kappa shape index (κ1) is 21.1. The van der Waals surface area contributed by atoms with Crippen LogP contribution in [0.25, 0.3) is 11.3 Å². The summed E-state index contributed by atoms with van der Waals surface area (Å²) < 4.78 is 10.8. The quantitative estimate of drug-likeness (QED) is 0.582. The van der Waals surface area contributed by atoms with Gasteiger partial charge in [-0.15, -0.1) is 0 Å². The van der Waals surface area contributed by atoms with Crippen molar-refractivity contribution in [1.82, 2.24) is 20.8 Å². The van der Waals surface area contributed by atoms with E-state index in [-0.39, 0.29) is 5.91 Å². The average Bonchev–Trinajstić information content (AvgIpc) is 3.28. The number of rotatable bonds is 8. The van der Waals surface area contributed by atoms with Crippen LogP contribution in [0.1, 0.15) is 24.1 Å². The number of carbonyl (C=O) groups is 1. The molecule has 7 nitrogen and oxygen atoms in total. The van der Waals surface area contributed by atoms with E-state index < -0.39 is 0 Å². The summed E-state index contributed by atoms with van der Waals surface area (Å²) in [6.07, 6.45) is 5.80. The molecule has 0 radical (unpaired) electrons. The van der Waals surface area contributed by atoms with E-state index in [2.05, 4.69) is 20.8 Å². The number of nitrogens with zero attached hydrogens (tertiary/aromatic N) is 2. The third-order valence-corrected chi connectivity index (χ3v) is 5.83. The topological polar surface area (TPSA) is 89.3 Å². The average molecular weight is 421 g/mol. The Morgan fingerprint density at radius 1 is 1.26 bits per heavy atom. The molecular formula is C24H28N4O3. The van der Waals surface area contributed by atoms with Crippen LogP contribution >= 0.6 is 0 Å². The van der Waals surface area contributed by atoms with Crippen LogP contribution in [-0.4, -0.2) is 36.2 Å². The smallest absolute Gasteiger partial charge is 0.220 e. The molecule has 7 heteroatoms. The molecule has 1 saturated heterocycles. The maximum atomic E-state index is 12.5. The van der Waals surface area contributed by atoms with Gasteiger partial charge < -0.3 is 19.9 Å². The van der Waals surface area contributed by atoms with Crippen LogP contribution in [0.2, 0.25) is 0 Å². The number of hydrogen-bond acceptors (Lipinski definition) is 6. The molecule has 0 saturated carbocycles. The molecule has 2 N–H and O–H groups in total. The summed E-state index contributed by atoms with van der Waals surface area (Å²) in [5.74, 6) is 2.29. The van der Waals surface area contributed by atoms with Gasteiger partial charge in [0.1, 0.15) is 5.75 Å². The SMILES string of the molecule is COc1ccc(-c2cc(C[C@@H]3CNCC[C@H]3CC(=O)NCc3cccnc3)no2)cc1. The Labute approximate surface area is 182 Å². The number of carbonyl (C=O) groups excluding carboxylic acids is 1. The minimum absolute atomic E-state index is 0.0832. The summed E-state index contributed by atoms with van der Waals surface area (Å²) in [6, 6.07) is 13.6. The van der Waals surface area contributed by atoms with Crippen molar-refractivity contribution in [1.29, 1.82) is 0 Å². The van der Waals surface area contributed by atoms with Crippen molar-refractivity contribution in [2.75, 3.05) is 20.2 Å². The number of ether oxygens (including phenoxy) is 1. The first-order valence-electron chi connectivity index (χ1n) is 10.7. The second-order valence-corrected chi connectivity index (χ2v) is 7.97. The van der Waals surface area contributed by atoms with E-state index in [1.165, 1.54) is 0 Å². The molecule has 31 heavy (non-hydrogen) atoms. The molecule has 0 unspecified atom stereocenters. The Hall–Kier alpha value is -3.19. The van der Waals surface area contributed by atoms with Crippen LogP contribution in [0.3, 0.4) is 0 Å². The van der Waals surface area contributed by atoms with E-state index in [1.54, 1.807) is 19.5 Å². The van der Waals surface area contributed by atoms with Crippen LogP contribution in [-0.2, 0) is 17.8 Å². The van der Waals surface area contributed by atoms with Crippen molar-refractivity contribution in [2.45, 2.75) is 25.8 Å². The number of pyridine rings is 1. The predicted octanol–water partition coefficient (Wildman–Crippen LogP) is 3.22. The molecule has 2 aromatic heterocycles. The molecule has 3 aromatic rings. The third-order valence-electron chi connectivity index (χ3n) is 5.83. The normalized spacial score (nSPS) is 18.5. The van der Waals surface area contributed by atoms with Gasteiger partial charge in [-0.1, -0.05) is 11.2 Å². The fourth-order valence-corrected chi connectivity index (χ4v) is 4.07. The lowest BCUT2D eigenvalue weighted by Crippen LogP contribution is -2.40. The van der Waals surface area contributed by atoms with E-state index >= 15 is 0 Å². The zero-order chi connectivity index (χ0) is 21.5. The van der Waals surface area contributed by atoms with Gasteiger partial charge in [0, 0.05) is 37.0 Å². The molecule has 1 aromatic carbocycles. The molecule has 2 atom stereocenters. The summed E-state index contributed by atoms with van der Waals surface area (Å²) in [7, 11) is 1.65. The minimum Gasteiger partial charge on any atom is -0.497 e. The molecule has 0 spiro atoms. The Kier molecular flexibility index (Phi) is 6.94. The maximum absolute atomic E-state index is 12.5. The van der Waals surface area contributed by atoms with Crippen molar-refractivity contribution < 1.29 is 14.1 Å². The molecule has 0 aliphatic carbocycles. The number of nitrogens with one attached hydrogen (secondary N) is 2. The fraction of sp³-hybridized carbons (Fsp3) is 0.375. The number of aromatic nitrogens is 2. The largest absolute Gasteiger partial charge is 0.497 e. The first-order valence-corrected chi connectivity index (χ1v) is 10.7. The van der Waals surface area contributed by atoms with Gasteiger partial charge in [-0.25, -0.2) is 0 Å². The standard InChI is InChI=1S/C24H28N4O3/c1-30-22-6-4-18(5-7-22)23-13-21(28-31-23)11-20-16-26-10-8-19(20)12-24(29)27-15-17-3-2-9-25-14-17/h2-7,9,13-14,19-20,26H,8,10-12,15-16H2,1H3,(H,27,29)/t19-,20+/m0/s1. The molecule has 162 valence electrons. The highest BCUT2D eigenvalue weighted by Gasteiger charge is 2.28. The van der Waals surface area contributed by atoms with Gasteiger partial charge in [0.05, 0.1) is 12.8 Å². The van der Waals surface area contributed by atoms with Crippen molar-refractivity contribution >= 4 is 5.91 Å². The van der Waals surface area contributed by atoms with Crippen molar-refractivity contribution in [3.05, 3.63) is 66.1 Å². The number of piperidine rings is 1. The predicted molar refractivity (Wildman–Crippen MR) is 117 cm³/mol. The lowest BCUT2D eigenvalue weighted by Gasteiger charge is -2.31. The zero-order valence-electron chi connectivity index (χ0n) is 17.7. The van der Waals surface area contributed by atoms with Crippen LogP contribution < -0.4 is 15.4 Å². The molecule has 1 aliphatic heterocycles. The van der Waals surface area contributed by atoms with Crippen LogP contribution in [0.5, 0.6) is 5.75 Å². The Bertz CT molecular complexity index is 972. The Morgan fingerprint density at radius 2 is 2.13 bits per heavy atom. The highest BCUT2D eigenvalue weighted by atomic mass is 16.5. The van der Waals surface area contributed by atoms with Gasteiger partial charge in [0.2, 0.25) is 5.91 Å². The number of benzene rings is 1. The highest BCUT2D eigenvalue weighted by Crippen LogP contribution is 2.28. The zero-order valence-corrected chi connectivity index (χ0v) is 17.7. The lowest BCUT2D eigenvalue weighted by atomic mass is 9.81. The third kappa shape index (κ3) is 5.70. The molecular weight excluding hydrogens is 392 g/mol. The Morgan fingerprint density at radius 3 is 2.90 bits per heavy atom. The summed E-state index contributed by atoms with van der Waals surface area (Å²) in [4.78, 5) is 16.6. The van der Waals surface area contributed by atoms with Gasteiger partial charge >= 0.3 is 0 Å². The van der Waals surface area contributed by atoms with Gasteiger partial charge in [-0.3, -0.25) is 9.78 Å². The van der Waals surface area contributed by atoms with Crippen LogP contribution in [0.4, 0.5) is 0 Å². The second kappa shape index (κ2) is 10.2. The molecule has 1 fully saturated rings. The van der Waals surface area contributed by atoms with Gasteiger partial charge in [-0.2, -0.15) is 0 Å². The monoisotopic (exact) mass is 420 g/mol. The van der Waals surface area contributed by atoms with Crippen LogP contribution in [0.15, 0.2) is 59.4 Å². The summed E-state index contributed by atoms with van der Waals surface area (Å²) in [6.45, 7) is 2.33. The maximum Gasteiger partial charge on any atom is 0.220 e. The van der Waals surface area contributed by atoms with Crippen molar-refractivity contribution in [3.8, 4) is 17.1 Å². The summed E-state index contributed by atoms with van der Waals surface area (Å²) >= 11 is 0. The lowest BCUT2D eigenvalue weighted by molar-refractivity contribution is -0.122. The Balaban J connectivity index is 1.34. The van der Waals surface area contributed by atoms with Crippen LogP contribution in [0, 0.1) is 11.8 Å².